The predicted molar refractivity (Wildman–Crippen MR) is 72.7 cm³/mol. The van der Waals surface area contributed by atoms with Crippen molar-refractivity contribution in [1.82, 2.24) is 5.32 Å². The monoisotopic (exact) mass is 237 g/mol. The number of hydrogen-bond donors (Lipinski definition) is 1. The van der Waals surface area contributed by atoms with Crippen molar-refractivity contribution in [2.45, 2.75) is 59.4 Å². The molecule has 1 amide bonds. The Kier molecular flexibility index (Phi) is 4.40. The van der Waals surface area contributed by atoms with Gasteiger partial charge in [0.05, 0.1) is 0 Å². The molecule has 3 atom stereocenters. The predicted octanol–water partition coefficient (Wildman–Crippen LogP) is 3.53. The summed E-state index contributed by atoms with van der Waals surface area (Å²) in [4.78, 5) is 12.3. The molecule has 98 valence electrons. The van der Waals surface area contributed by atoms with Crippen molar-refractivity contribution in [3.63, 3.8) is 0 Å². The number of nitrogens with one attached hydrogen (secondary N) is 1. The SMILES string of the molecule is C=C(C)[C@@H]1CC[C@@H](C)C[C@H]1C(=O)NC(C)(C)C. The van der Waals surface area contributed by atoms with Gasteiger partial charge in [0.1, 0.15) is 0 Å². The van der Waals surface area contributed by atoms with E-state index in [1.54, 1.807) is 0 Å². The summed E-state index contributed by atoms with van der Waals surface area (Å²) in [6, 6.07) is 0. The van der Waals surface area contributed by atoms with Crippen molar-refractivity contribution in [3.05, 3.63) is 12.2 Å². The summed E-state index contributed by atoms with van der Waals surface area (Å²) in [6.07, 6.45) is 3.33. The third kappa shape index (κ3) is 4.18. The Hall–Kier alpha value is -0.790. The number of carbonyl (C=O) groups excluding carboxylic acids is 1. The first-order chi connectivity index (χ1) is 7.70. The van der Waals surface area contributed by atoms with Gasteiger partial charge in [-0.2, -0.15) is 0 Å². The summed E-state index contributed by atoms with van der Waals surface area (Å²) < 4.78 is 0. The third-order valence-electron chi connectivity index (χ3n) is 3.58. The van der Waals surface area contributed by atoms with Gasteiger partial charge in [-0.25, -0.2) is 0 Å². The lowest BCUT2D eigenvalue weighted by Gasteiger charge is -2.36. The van der Waals surface area contributed by atoms with Crippen LogP contribution in [0.15, 0.2) is 12.2 Å². The van der Waals surface area contributed by atoms with Crippen molar-refractivity contribution in [1.29, 1.82) is 0 Å². The lowest BCUT2D eigenvalue weighted by molar-refractivity contribution is -0.129. The Morgan fingerprint density at radius 3 is 2.29 bits per heavy atom. The molecule has 0 aromatic rings. The molecule has 0 spiro atoms. The zero-order valence-electron chi connectivity index (χ0n) is 12.0. The molecule has 0 saturated heterocycles. The molecular weight excluding hydrogens is 210 g/mol. The van der Waals surface area contributed by atoms with E-state index in [1.807, 2.05) is 20.8 Å². The summed E-state index contributed by atoms with van der Waals surface area (Å²) in [6.45, 7) is 14.5. The Bertz CT molecular complexity index is 301. The zero-order chi connectivity index (χ0) is 13.2. The first-order valence-corrected chi connectivity index (χ1v) is 6.68. The van der Waals surface area contributed by atoms with Crippen molar-refractivity contribution < 1.29 is 4.79 Å². The summed E-state index contributed by atoms with van der Waals surface area (Å²) in [7, 11) is 0. The van der Waals surface area contributed by atoms with E-state index < -0.39 is 0 Å². The molecular formula is C15H27NO. The molecule has 0 bridgehead atoms. The van der Waals surface area contributed by atoms with Gasteiger partial charge >= 0.3 is 0 Å². The molecule has 0 aromatic heterocycles. The number of allylic oxidation sites excluding steroid dienone is 1. The van der Waals surface area contributed by atoms with Gasteiger partial charge in [-0.15, -0.1) is 0 Å². The summed E-state index contributed by atoms with van der Waals surface area (Å²) in [5, 5.41) is 3.11. The Balaban J connectivity index is 2.75. The highest BCUT2D eigenvalue weighted by atomic mass is 16.2. The maximum Gasteiger partial charge on any atom is 0.224 e. The fourth-order valence-electron chi connectivity index (χ4n) is 2.72. The quantitative estimate of drug-likeness (QED) is 0.731. The second kappa shape index (κ2) is 5.24. The van der Waals surface area contributed by atoms with Crippen LogP contribution in [0.2, 0.25) is 0 Å². The topological polar surface area (TPSA) is 29.1 Å². The summed E-state index contributed by atoms with van der Waals surface area (Å²) in [5.74, 6) is 1.35. The van der Waals surface area contributed by atoms with Gasteiger partial charge in [0.15, 0.2) is 0 Å². The van der Waals surface area contributed by atoms with Crippen molar-refractivity contribution in [2.75, 3.05) is 0 Å². The van der Waals surface area contributed by atoms with E-state index in [0.717, 1.165) is 18.4 Å². The lowest BCUT2D eigenvalue weighted by Crippen LogP contribution is -2.47. The van der Waals surface area contributed by atoms with Crippen LogP contribution in [0.5, 0.6) is 0 Å². The number of rotatable bonds is 2. The van der Waals surface area contributed by atoms with Gasteiger partial charge in [-0.3, -0.25) is 4.79 Å². The largest absolute Gasteiger partial charge is 0.351 e. The normalized spacial score (nSPS) is 29.8. The van der Waals surface area contributed by atoms with Crippen LogP contribution < -0.4 is 5.32 Å². The molecule has 1 aliphatic rings. The molecule has 1 fully saturated rings. The van der Waals surface area contributed by atoms with Crippen LogP contribution in [0, 0.1) is 17.8 Å². The van der Waals surface area contributed by atoms with Crippen molar-refractivity contribution >= 4 is 5.91 Å². The number of amides is 1. The highest BCUT2D eigenvalue weighted by Gasteiger charge is 2.35. The third-order valence-corrected chi connectivity index (χ3v) is 3.58. The molecule has 0 unspecified atom stereocenters. The Morgan fingerprint density at radius 1 is 1.24 bits per heavy atom. The molecule has 1 N–H and O–H groups in total. The average Bonchev–Trinajstić information content (AvgIpc) is 2.14. The molecule has 0 heterocycles. The van der Waals surface area contributed by atoms with E-state index in [9.17, 15) is 4.79 Å². The average molecular weight is 237 g/mol. The van der Waals surface area contributed by atoms with E-state index in [0.29, 0.717) is 11.8 Å². The number of hydrogen-bond acceptors (Lipinski definition) is 1. The molecule has 0 aliphatic heterocycles. The van der Waals surface area contributed by atoms with E-state index >= 15 is 0 Å². The minimum absolute atomic E-state index is 0.121. The highest BCUT2D eigenvalue weighted by Crippen LogP contribution is 2.37. The van der Waals surface area contributed by atoms with Crippen LogP contribution in [-0.2, 0) is 4.79 Å². The Labute approximate surface area is 106 Å². The molecule has 2 nitrogen and oxygen atoms in total. The highest BCUT2D eigenvalue weighted by molar-refractivity contribution is 5.80. The molecule has 1 aliphatic carbocycles. The molecule has 1 rings (SSSR count). The van der Waals surface area contributed by atoms with Crippen LogP contribution in [0.4, 0.5) is 0 Å². The molecule has 2 heteroatoms. The van der Waals surface area contributed by atoms with E-state index in [4.69, 9.17) is 0 Å². The second-order valence-electron chi connectivity index (χ2n) is 6.72. The maximum absolute atomic E-state index is 12.3. The smallest absolute Gasteiger partial charge is 0.224 e. The van der Waals surface area contributed by atoms with Gasteiger partial charge < -0.3 is 5.32 Å². The van der Waals surface area contributed by atoms with Gasteiger partial charge in [0.25, 0.3) is 0 Å². The second-order valence-corrected chi connectivity index (χ2v) is 6.72. The van der Waals surface area contributed by atoms with Crippen molar-refractivity contribution in [3.8, 4) is 0 Å². The zero-order valence-corrected chi connectivity index (χ0v) is 12.0. The molecule has 17 heavy (non-hydrogen) atoms. The van der Waals surface area contributed by atoms with Gasteiger partial charge in [0.2, 0.25) is 5.91 Å². The minimum Gasteiger partial charge on any atom is -0.351 e. The standard InChI is InChI=1S/C15H27NO/c1-10(2)12-8-7-11(3)9-13(12)14(17)16-15(4,5)6/h11-13H,1,7-9H2,2-6H3,(H,16,17)/t11-,12+,13-/m1/s1. The summed E-state index contributed by atoms with van der Waals surface area (Å²) in [5.41, 5.74) is 1.02. The van der Waals surface area contributed by atoms with Crippen LogP contribution in [0.1, 0.15) is 53.9 Å². The fraction of sp³-hybridized carbons (Fsp3) is 0.800. The van der Waals surface area contributed by atoms with Crippen LogP contribution >= 0.6 is 0 Å². The van der Waals surface area contributed by atoms with E-state index in [-0.39, 0.29) is 17.4 Å². The van der Waals surface area contributed by atoms with Gasteiger partial charge in [-0.1, -0.05) is 25.5 Å². The summed E-state index contributed by atoms with van der Waals surface area (Å²) >= 11 is 0. The Morgan fingerprint density at radius 2 is 1.82 bits per heavy atom. The first kappa shape index (κ1) is 14.3. The van der Waals surface area contributed by atoms with E-state index in [1.165, 1.54) is 6.42 Å². The van der Waals surface area contributed by atoms with Gasteiger partial charge in [-0.05, 0) is 52.4 Å². The minimum atomic E-state index is -0.141. The fourth-order valence-corrected chi connectivity index (χ4v) is 2.72. The number of carbonyl (C=O) groups is 1. The van der Waals surface area contributed by atoms with Gasteiger partial charge in [0, 0.05) is 11.5 Å². The maximum atomic E-state index is 12.3. The molecule has 0 radical (unpaired) electrons. The van der Waals surface area contributed by atoms with Crippen LogP contribution in [-0.4, -0.2) is 11.4 Å². The molecule has 1 saturated carbocycles. The van der Waals surface area contributed by atoms with Crippen LogP contribution in [0.25, 0.3) is 0 Å². The van der Waals surface area contributed by atoms with E-state index in [2.05, 4.69) is 25.7 Å². The first-order valence-electron chi connectivity index (χ1n) is 6.68. The van der Waals surface area contributed by atoms with Crippen LogP contribution in [0.3, 0.4) is 0 Å². The van der Waals surface area contributed by atoms with Crippen molar-refractivity contribution in [2.24, 2.45) is 17.8 Å². The lowest BCUT2D eigenvalue weighted by atomic mass is 9.71. The molecule has 0 aromatic carbocycles.